The highest BCUT2D eigenvalue weighted by molar-refractivity contribution is 7.89. The highest BCUT2D eigenvalue weighted by Crippen LogP contribution is 2.29. The van der Waals surface area contributed by atoms with Gasteiger partial charge in [-0.1, -0.05) is 0 Å². The number of rotatable bonds is 5. The van der Waals surface area contributed by atoms with E-state index in [1.54, 1.807) is 31.9 Å². The standard InChI is InChI=1S/C14H20N2O4S/c1-9(2)20-12-7-4-10(8-13(12)21(15,18)19)14(17)16(3)11-5-6-11/h4,7-9,11H,5-6H2,1-3H3,(H2,15,18,19). The van der Waals surface area contributed by atoms with Gasteiger partial charge in [-0.05, 0) is 44.9 Å². The van der Waals surface area contributed by atoms with Crippen molar-refractivity contribution in [3.8, 4) is 5.75 Å². The summed E-state index contributed by atoms with van der Waals surface area (Å²) >= 11 is 0. The number of ether oxygens (including phenoxy) is 1. The van der Waals surface area contributed by atoms with Crippen molar-refractivity contribution in [3.63, 3.8) is 0 Å². The Labute approximate surface area is 124 Å². The first-order valence-electron chi connectivity index (χ1n) is 6.81. The molecular formula is C14H20N2O4S. The molecule has 1 saturated carbocycles. The SMILES string of the molecule is CC(C)Oc1ccc(C(=O)N(C)C2CC2)cc1S(N)(=O)=O. The number of nitrogens with zero attached hydrogens (tertiary/aromatic N) is 1. The van der Waals surface area contributed by atoms with Crippen LogP contribution < -0.4 is 9.88 Å². The van der Waals surface area contributed by atoms with Crippen molar-refractivity contribution in [1.29, 1.82) is 0 Å². The first kappa shape index (κ1) is 15.8. The minimum atomic E-state index is -3.96. The Bertz CT molecular complexity index is 651. The van der Waals surface area contributed by atoms with Crippen molar-refractivity contribution < 1.29 is 17.9 Å². The van der Waals surface area contributed by atoms with E-state index in [2.05, 4.69) is 0 Å². The van der Waals surface area contributed by atoms with Gasteiger partial charge in [0.15, 0.2) is 0 Å². The number of hydrogen-bond acceptors (Lipinski definition) is 4. The summed E-state index contributed by atoms with van der Waals surface area (Å²) in [5.74, 6) is -0.0448. The van der Waals surface area contributed by atoms with Crippen molar-refractivity contribution in [2.24, 2.45) is 5.14 Å². The zero-order valence-electron chi connectivity index (χ0n) is 12.4. The number of amides is 1. The molecule has 2 N–H and O–H groups in total. The van der Waals surface area contributed by atoms with Gasteiger partial charge in [-0.15, -0.1) is 0 Å². The maximum atomic E-state index is 12.3. The van der Waals surface area contributed by atoms with Crippen molar-refractivity contribution in [1.82, 2.24) is 4.90 Å². The fraction of sp³-hybridized carbons (Fsp3) is 0.500. The van der Waals surface area contributed by atoms with Gasteiger partial charge in [-0.25, -0.2) is 13.6 Å². The third-order valence-corrected chi connectivity index (χ3v) is 4.21. The molecule has 0 atom stereocenters. The lowest BCUT2D eigenvalue weighted by Crippen LogP contribution is -2.29. The van der Waals surface area contributed by atoms with Gasteiger partial charge in [-0.2, -0.15) is 0 Å². The number of primary sulfonamides is 1. The molecule has 1 aliphatic rings. The number of benzene rings is 1. The highest BCUT2D eigenvalue weighted by Gasteiger charge is 2.30. The largest absolute Gasteiger partial charge is 0.490 e. The predicted molar refractivity (Wildman–Crippen MR) is 78.7 cm³/mol. The topological polar surface area (TPSA) is 89.7 Å². The van der Waals surface area contributed by atoms with Crippen molar-refractivity contribution in [3.05, 3.63) is 23.8 Å². The summed E-state index contributed by atoms with van der Waals surface area (Å²) in [6, 6.07) is 4.58. The maximum Gasteiger partial charge on any atom is 0.253 e. The summed E-state index contributed by atoms with van der Waals surface area (Å²) < 4.78 is 28.8. The highest BCUT2D eigenvalue weighted by atomic mass is 32.2. The van der Waals surface area contributed by atoms with Gasteiger partial charge >= 0.3 is 0 Å². The van der Waals surface area contributed by atoms with Crippen LogP contribution in [0.15, 0.2) is 23.1 Å². The molecule has 1 aromatic carbocycles. The molecule has 0 bridgehead atoms. The number of nitrogens with two attached hydrogens (primary N) is 1. The number of sulfonamides is 1. The molecule has 0 unspecified atom stereocenters. The summed E-state index contributed by atoms with van der Waals surface area (Å²) in [5, 5.41) is 5.22. The van der Waals surface area contributed by atoms with Gasteiger partial charge in [-0.3, -0.25) is 4.79 Å². The van der Waals surface area contributed by atoms with Gasteiger partial charge < -0.3 is 9.64 Å². The van der Waals surface area contributed by atoms with E-state index in [9.17, 15) is 13.2 Å². The van der Waals surface area contributed by atoms with Crippen LogP contribution in [0.25, 0.3) is 0 Å². The van der Waals surface area contributed by atoms with Crippen molar-refractivity contribution >= 4 is 15.9 Å². The second-order valence-electron chi connectivity index (χ2n) is 5.52. The molecule has 1 amide bonds. The first-order valence-corrected chi connectivity index (χ1v) is 8.35. The Hall–Kier alpha value is -1.60. The van der Waals surface area contributed by atoms with E-state index in [0.29, 0.717) is 5.56 Å². The quantitative estimate of drug-likeness (QED) is 0.889. The van der Waals surface area contributed by atoms with Crippen LogP contribution in [-0.4, -0.2) is 38.4 Å². The Kier molecular flexibility index (Phi) is 4.25. The summed E-state index contributed by atoms with van der Waals surface area (Å²) in [6.07, 6.45) is 1.78. The molecule has 2 rings (SSSR count). The zero-order valence-corrected chi connectivity index (χ0v) is 13.2. The molecule has 116 valence electrons. The Balaban J connectivity index is 2.39. The van der Waals surface area contributed by atoms with Crippen LogP contribution >= 0.6 is 0 Å². The van der Waals surface area contributed by atoms with Gasteiger partial charge in [0, 0.05) is 18.7 Å². The summed E-state index contributed by atoms with van der Waals surface area (Å²) in [6.45, 7) is 3.57. The van der Waals surface area contributed by atoms with Crippen LogP contribution in [0.1, 0.15) is 37.0 Å². The second-order valence-corrected chi connectivity index (χ2v) is 7.05. The molecule has 21 heavy (non-hydrogen) atoms. The lowest BCUT2D eigenvalue weighted by molar-refractivity contribution is 0.0785. The minimum Gasteiger partial charge on any atom is -0.490 e. The van der Waals surface area contributed by atoms with Crippen LogP contribution in [0.3, 0.4) is 0 Å². The van der Waals surface area contributed by atoms with Crippen molar-refractivity contribution in [2.75, 3.05) is 7.05 Å². The molecule has 0 heterocycles. The van der Waals surface area contributed by atoms with E-state index < -0.39 is 10.0 Å². The maximum absolute atomic E-state index is 12.3. The van der Waals surface area contributed by atoms with E-state index in [1.165, 1.54) is 12.1 Å². The predicted octanol–water partition coefficient (Wildman–Crippen LogP) is 1.36. The molecule has 0 aromatic heterocycles. The van der Waals surface area contributed by atoms with E-state index in [0.717, 1.165) is 12.8 Å². The summed E-state index contributed by atoms with van der Waals surface area (Å²) in [5.41, 5.74) is 0.296. The lowest BCUT2D eigenvalue weighted by atomic mass is 10.2. The van der Waals surface area contributed by atoms with Gasteiger partial charge in [0.1, 0.15) is 10.6 Å². The number of hydrogen-bond donors (Lipinski definition) is 1. The van der Waals surface area contributed by atoms with Gasteiger partial charge in [0.25, 0.3) is 5.91 Å². The minimum absolute atomic E-state index is 0.161. The zero-order chi connectivity index (χ0) is 15.8. The van der Waals surface area contributed by atoms with Crippen LogP contribution in [0.2, 0.25) is 0 Å². The smallest absolute Gasteiger partial charge is 0.253 e. The fourth-order valence-electron chi connectivity index (χ4n) is 2.05. The molecule has 0 saturated heterocycles. The van der Waals surface area contributed by atoms with Crippen LogP contribution in [0, 0.1) is 0 Å². The molecule has 0 spiro atoms. The van der Waals surface area contributed by atoms with E-state index in [4.69, 9.17) is 9.88 Å². The van der Waals surface area contributed by atoms with Crippen LogP contribution in [0.4, 0.5) is 0 Å². The molecule has 7 heteroatoms. The summed E-state index contributed by atoms with van der Waals surface area (Å²) in [4.78, 5) is 13.8. The average molecular weight is 312 g/mol. The van der Waals surface area contributed by atoms with Crippen LogP contribution in [0.5, 0.6) is 5.75 Å². The Morgan fingerprint density at radius 1 is 1.38 bits per heavy atom. The van der Waals surface area contributed by atoms with Gasteiger partial charge in [0.2, 0.25) is 10.0 Å². The molecule has 1 aliphatic carbocycles. The van der Waals surface area contributed by atoms with E-state index in [-0.39, 0.29) is 28.7 Å². The third-order valence-electron chi connectivity index (χ3n) is 3.27. The van der Waals surface area contributed by atoms with E-state index in [1.807, 2.05) is 0 Å². The first-order chi connectivity index (χ1) is 9.70. The average Bonchev–Trinajstić information content (AvgIpc) is 3.19. The van der Waals surface area contributed by atoms with Crippen LogP contribution in [-0.2, 0) is 10.0 Å². The third kappa shape index (κ3) is 3.74. The molecule has 0 radical (unpaired) electrons. The fourth-order valence-corrected chi connectivity index (χ4v) is 2.73. The molecule has 6 nitrogen and oxygen atoms in total. The Morgan fingerprint density at radius 2 is 2.00 bits per heavy atom. The number of carbonyl (C=O) groups excluding carboxylic acids is 1. The summed E-state index contributed by atoms with van der Waals surface area (Å²) in [7, 11) is -2.24. The molecule has 1 aromatic rings. The normalized spacial score (nSPS) is 15.1. The monoisotopic (exact) mass is 312 g/mol. The number of carbonyl (C=O) groups is 1. The van der Waals surface area contributed by atoms with Crippen molar-refractivity contribution in [2.45, 2.75) is 43.7 Å². The molecular weight excluding hydrogens is 292 g/mol. The van der Waals surface area contributed by atoms with Gasteiger partial charge in [0.05, 0.1) is 6.10 Å². The van der Waals surface area contributed by atoms with E-state index >= 15 is 0 Å². The Morgan fingerprint density at radius 3 is 2.48 bits per heavy atom. The molecule has 0 aliphatic heterocycles. The lowest BCUT2D eigenvalue weighted by Gasteiger charge is -2.18. The second kappa shape index (κ2) is 5.65. The molecule has 1 fully saturated rings.